The van der Waals surface area contributed by atoms with Crippen LogP contribution in [-0.4, -0.2) is 12.5 Å². The topological polar surface area (TPSA) is 29.1 Å². The molecule has 0 spiro atoms. The molecule has 19 heavy (non-hydrogen) atoms. The molecule has 0 saturated heterocycles. The molecule has 4 heteroatoms. The summed E-state index contributed by atoms with van der Waals surface area (Å²) in [5, 5.41) is 3.07. The van der Waals surface area contributed by atoms with Crippen molar-refractivity contribution < 1.29 is 4.79 Å². The molecule has 0 radical (unpaired) electrons. The van der Waals surface area contributed by atoms with E-state index in [0.29, 0.717) is 22.3 Å². The lowest BCUT2D eigenvalue weighted by Gasteiger charge is -2.08. The molecule has 1 fully saturated rings. The van der Waals surface area contributed by atoms with E-state index < -0.39 is 0 Å². The third-order valence-electron chi connectivity index (χ3n) is 4.96. The van der Waals surface area contributed by atoms with Gasteiger partial charge >= 0.3 is 0 Å². The molecule has 1 aliphatic rings. The largest absolute Gasteiger partial charge is 0.352 e. The van der Waals surface area contributed by atoms with Gasteiger partial charge in [-0.15, -0.1) is 0 Å². The van der Waals surface area contributed by atoms with E-state index in [4.69, 9.17) is 0 Å². The zero-order valence-corrected chi connectivity index (χ0v) is 15.4. The zero-order chi connectivity index (χ0) is 14.4. The van der Waals surface area contributed by atoms with Crippen LogP contribution in [0.15, 0.2) is 22.7 Å². The van der Waals surface area contributed by atoms with E-state index >= 15 is 0 Å². The molecule has 1 saturated carbocycles. The highest BCUT2D eigenvalue weighted by Gasteiger charge is 2.64. The van der Waals surface area contributed by atoms with E-state index in [1.165, 1.54) is 0 Å². The average Bonchev–Trinajstić information content (AvgIpc) is 2.70. The SMILES string of the molecule is CC1(C)C(CNC(=O)c2cc(I)ccc2Br)C1(C)C. The number of hydrogen-bond acceptors (Lipinski definition) is 1. The Balaban J connectivity index is 2.02. The second-order valence-corrected chi connectivity index (χ2v) is 8.43. The minimum absolute atomic E-state index is 0.00360. The van der Waals surface area contributed by atoms with Gasteiger partial charge < -0.3 is 5.32 Å². The number of halogens is 2. The number of carbonyl (C=O) groups excluding carboxylic acids is 1. The van der Waals surface area contributed by atoms with Crippen LogP contribution in [0.5, 0.6) is 0 Å². The second kappa shape index (κ2) is 5.02. The molecule has 2 rings (SSSR count). The fourth-order valence-corrected chi connectivity index (χ4v) is 3.72. The number of carbonyl (C=O) groups is 1. The van der Waals surface area contributed by atoms with E-state index in [1.807, 2.05) is 18.2 Å². The summed E-state index contributed by atoms with van der Waals surface area (Å²) in [7, 11) is 0. The number of rotatable bonds is 3. The van der Waals surface area contributed by atoms with Crippen molar-refractivity contribution in [3.8, 4) is 0 Å². The first kappa shape index (κ1) is 15.3. The lowest BCUT2D eigenvalue weighted by Crippen LogP contribution is -2.27. The quantitative estimate of drug-likeness (QED) is 0.697. The summed E-state index contributed by atoms with van der Waals surface area (Å²) < 4.78 is 1.91. The van der Waals surface area contributed by atoms with Crippen molar-refractivity contribution in [2.24, 2.45) is 16.7 Å². The Labute approximate surface area is 137 Å². The van der Waals surface area contributed by atoms with E-state index in [9.17, 15) is 4.79 Å². The fourth-order valence-electron chi connectivity index (χ4n) is 2.80. The number of amides is 1. The van der Waals surface area contributed by atoms with Gasteiger partial charge in [0, 0.05) is 14.6 Å². The Morgan fingerprint density at radius 3 is 2.42 bits per heavy atom. The third kappa shape index (κ3) is 2.71. The van der Waals surface area contributed by atoms with E-state index in [0.717, 1.165) is 14.6 Å². The van der Waals surface area contributed by atoms with Crippen LogP contribution in [0.3, 0.4) is 0 Å². The van der Waals surface area contributed by atoms with E-state index in [1.54, 1.807) is 0 Å². The first-order valence-electron chi connectivity index (χ1n) is 6.41. The Bertz CT molecular complexity index is 511. The first-order valence-corrected chi connectivity index (χ1v) is 8.28. The smallest absolute Gasteiger partial charge is 0.252 e. The standard InChI is InChI=1S/C15H19BrINO/c1-14(2)12(15(14,3)4)8-18-13(19)10-7-9(17)5-6-11(10)16/h5-7,12H,8H2,1-4H3,(H,18,19). The molecule has 1 N–H and O–H groups in total. The molecule has 1 aromatic rings. The van der Waals surface area contributed by atoms with Crippen LogP contribution < -0.4 is 5.32 Å². The Hall–Kier alpha value is -0.100. The average molecular weight is 436 g/mol. The van der Waals surface area contributed by atoms with Gasteiger partial charge in [0.15, 0.2) is 0 Å². The first-order chi connectivity index (χ1) is 8.68. The van der Waals surface area contributed by atoms with Crippen molar-refractivity contribution in [1.82, 2.24) is 5.32 Å². The van der Waals surface area contributed by atoms with Gasteiger partial charge in [0.05, 0.1) is 5.56 Å². The number of nitrogens with one attached hydrogen (secondary N) is 1. The summed E-state index contributed by atoms with van der Waals surface area (Å²) in [6, 6.07) is 5.80. The summed E-state index contributed by atoms with van der Waals surface area (Å²) in [5.74, 6) is 0.550. The molecule has 1 amide bonds. The van der Waals surface area contributed by atoms with Gasteiger partial charge in [-0.1, -0.05) is 27.7 Å². The van der Waals surface area contributed by atoms with Gasteiger partial charge in [-0.3, -0.25) is 4.79 Å². The van der Waals surface area contributed by atoms with Crippen molar-refractivity contribution >= 4 is 44.4 Å². The van der Waals surface area contributed by atoms with Crippen LogP contribution in [0, 0.1) is 20.3 Å². The van der Waals surface area contributed by atoms with Crippen molar-refractivity contribution in [3.05, 3.63) is 31.8 Å². The lowest BCUT2D eigenvalue weighted by atomic mass is 10.0. The molecule has 104 valence electrons. The summed E-state index contributed by atoms with van der Waals surface area (Å²) >= 11 is 5.65. The van der Waals surface area contributed by atoms with Gasteiger partial charge in [0.25, 0.3) is 5.91 Å². The minimum atomic E-state index is 0.00360. The molecule has 0 bridgehead atoms. The molecule has 0 unspecified atom stereocenters. The second-order valence-electron chi connectivity index (χ2n) is 6.33. The monoisotopic (exact) mass is 435 g/mol. The Morgan fingerprint density at radius 2 is 1.89 bits per heavy atom. The fraction of sp³-hybridized carbons (Fsp3) is 0.533. The van der Waals surface area contributed by atoms with Crippen molar-refractivity contribution in [1.29, 1.82) is 0 Å². The molecule has 0 aliphatic heterocycles. The van der Waals surface area contributed by atoms with E-state index in [2.05, 4.69) is 71.5 Å². The predicted molar refractivity (Wildman–Crippen MR) is 90.2 cm³/mol. The van der Waals surface area contributed by atoms with Crippen LogP contribution in [-0.2, 0) is 0 Å². The molecule has 1 aliphatic carbocycles. The predicted octanol–water partition coefficient (Wildman–Crippen LogP) is 4.47. The summed E-state index contributed by atoms with van der Waals surface area (Å²) in [5.41, 5.74) is 1.33. The van der Waals surface area contributed by atoms with Crippen molar-refractivity contribution in [3.63, 3.8) is 0 Å². The maximum absolute atomic E-state index is 12.2. The molecule has 0 aromatic heterocycles. The summed E-state index contributed by atoms with van der Waals surface area (Å²) in [6.45, 7) is 9.82. The van der Waals surface area contributed by atoms with Gasteiger partial charge in [-0.2, -0.15) is 0 Å². The zero-order valence-electron chi connectivity index (χ0n) is 11.7. The van der Waals surface area contributed by atoms with Gasteiger partial charge in [0.2, 0.25) is 0 Å². The highest BCUT2D eigenvalue weighted by atomic mass is 127. The molecular formula is C15H19BrINO. The highest BCUT2D eigenvalue weighted by molar-refractivity contribution is 14.1. The highest BCUT2D eigenvalue weighted by Crippen LogP contribution is 2.67. The van der Waals surface area contributed by atoms with E-state index in [-0.39, 0.29) is 5.91 Å². The lowest BCUT2D eigenvalue weighted by molar-refractivity contribution is 0.0949. The molecule has 1 aromatic carbocycles. The van der Waals surface area contributed by atoms with Crippen LogP contribution in [0.2, 0.25) is 0 Å². The van der Waals surface area contributed by atoms with Crippen molar-refractivity contribution in [2.75, 3.05) is 6.54 Å². The summed E-state index contributed by atoms with van der Waals surface area (Å²) in [6.07, 6.45) is 0. The summed E-state index contributed by atoms with van der Waals surface area (Å²) in [4.78, 5) is 12.2. The normalized spacial score (nSPS) is 20.1. The third-order valence-corrected chi connectivity index (χ3v) is 6.32. The van der Waals surface area contributed by atoms with Crippen LogP contribution in [0.1, 0.15) is 38.1 Å². The molecule has 0 atom stereocenters. The molecular weight excluding hydrogens is 417 g/mol. The van der Waals surface area contributed by atoms with Crippen LogP contribution in [0.4, 0.5) is 0 Å². The van der Waals surface area contributed by atoms with Gasteiger partial charge in [-0.25, -0.2) is 0 Å². The van der Waals surface area contributed by atoms with Crippen LogP contribution >= 0.6 is 38.5 Å². The van der Waals surface area contributed by atoms with Gasteiger partial charge in [0.1, 0.15) is 0 Å². The Morgan fingerprint density at radius 1 is 1.32 bits per heavy atom. The molecule has 0 heterocycles. The maximum atomic E-state index is 12.2. The molecule has 2 nitrogen and oxygen atoms in total. The maximum Gasteiger partial charge on any atom is 0.252 e. The van der Waals surface area contributed by atoms with Crippen molar-refractivity contribution in [2.45, 2.75) is 27.7 Å². The Kier molecular flexibility index (Phi) is 4.04. The van der Waals surface area contributed by atoms with Crippen LogP contribution in [0.25, 0.3) is 0 Å². The number of benzene rings is 1. The van der Waals surface area contributed by atoms with Gasteiger partial charge in [-0.05, 0) is 73.5 Å². The minimum Gasteiger partial charge on any atom is -0.352 e. The number of hydrogen-bond donors (Lipinski definition) is 1.